The maximum absolute atomic E-state index is 12.1. The molecular formula is C17H24N4O2. The van der Waals surface area contributed by atoms with Crippen LogP contribution in [0.4, 0.5) is 0 Å². The molecule has 0 radical (unpaired) electrons. The molecule has 1 aliphatic heterocycles. The van der Waals surface area contributed by atoms with Crippen molar-refractivity contribution in [2.45, 2.75) is 32.4 Å². The topological polar surface area (TPSA) is 63.3 Å². The van der Waals surface area contributed by atoms with Crippen molar-refractivity contribution in [1.29, 1.82) is 0 Å². The molecule has 0 aliphatic carbocycles. The maximum Gasteiger partial charge on any atom is 0.222 e. The smallest absolute Gasteiger partial charge is 0.222 e. The SMILES string of the molecule is Cc1ccoc1CNC[C@H]1CCC(=O)N(C)[C@@H]1c1cnn(C)c1. The molecule has 2 atom stereocenters. The number of aryl methyl sites for hydroxylation is 2. The van der Waals surface area contributed by atoms with E-state index < -0.39 is 0 Å². The third kappa shape index (κ3) is 3.32. The van der Waals surface area contributed by atoms with Crippen LogP contribution < -0.4 is 5.32 Å². The zero-order valence-corrected chi connectivity index (χ0v) is 14.0. The van der Waals surface area contributed by atoms with E-state index in [0.717, 1.165) is 29.9 Å². The molecule has 1 N–H and O–H groups in total. The van der Waals surface area contributed by atoms with Crippen molar-refractivity contribution >= 4 is 5.91 Å². The lowest BCUT2D eigenvalue weighted by atomic mass is 9.85. The lowest BCUT2D eigenvalue weighted by molar-refractivity contribution is -0.137. The minimum atomic E-state index is 0.0788. The molecule has 1 amide bonds. The Bertz CT molecular complexity index is 676. The Morgan fingerprint density at radius 1 is 1.43 bits per heavy atom. The number of furan rings is 1. The van der Waals surface area contributed by atoms with Crippen LogP contribution >= 0.6 is 0 Å². The number of hydrogen-bond donors (Lipinski definition) is 1. The van der Waals surface area contributed by atoms with Gasteiger partial charge in [0.25, 0.3) is 0 Å². The highest BCUT2D eigenvalue weighted by molar-refractivity contribution is 5.77. The van der Waals surface area contributed by atoms with Gasteiger partial charge in [-0.3, -0.25) is 9.48 Å². The number of carbonyl (C=O) groups is 1. The fourth-order valence-electron chi connectivity index (χ4n) is 3.37. The molecule has 0 aromatic carbocycles. The van der Waals surface area contributed by atoms with Crippen LogP contribution in [0.1, 0.15) is 35.8 Å². The molecule has 3 rings (SSSR count). The van der Waals surface area contributed by atoms with Crippen LogP contribution in [0.5, 0.6) is 0 Å². The van der Waals surface area contributed by atoms with Gasteiger partial charge in [0.1, 0.15) is 5.76 Å². The van der Waals surface area contributed by atoms with E-state index in [1.54, 1.807) is 10.9 Å². The molecule has 0 spiro atoms. The Labute approximate surface area is 136 Å². The first-order chi connectivity index (χ1) is 11.1. The molecule has 0 bridgehead atoms. The number of piperidine rings is 1. The molecular weight excluding hydrogens is 292 g/mol. The molecule has 6 heteroatoms. The normalized spacial score (nSPS) is 21.9. The first-order valence-corrected chi connectivity index (χ1v) is 8.04. The Hall–Kier alpha value is -2.08. The largest absolute Gasteiger partial charge is 0.468 e. The van der Waals surface area contributed by atoms with Crippen molar-refractivity contribution in [3.8, 4) is 0 Å². The van der Waals surface area contributed by atoms with E-state index in [4.69, 9.17) is 4.42 Å². The number of nitrogens with one attached hydrogen (secondary N) is 1. The third-order valence-electron chi connectivity index (χ3n) is 4.71. The highest BCUT2D eigenvalue weighted by atomic mass is 16.3. The van der Waals surface area contributed by atoms with Gasteiger partial charge in [0.05, 0.1) is 25.0 Å². The summed E-state index contributed by atoms with van der Waals surface area (Å²) in [4.78, 5) is 14.0. The quantitative estimate of drug-likeness (QED) is 0.916. The summed E-state index contributed by atoms with van der Waals surface area (Å²) in [5.74, 6) is 1.55. The molecule has 124 valence electrons. The van der Waals surface area contributed by atoms with Crippen LogP contribution in [0.15, 0.2) is 29.1 Å². The third-order valence-corrected chi connectivity index (χ3v) is 4.71. The summed E-state index contributed by atoms with van der Waals surface area (Å²) >= 11 is 0. The Morgan fingerprint density at radius 2 is 2.26 bits per heavy atom. The number of carbonyl (C=O) groups excluding carboxylic acids is 1. The Kier molecular flexibility index (Phi) is 4.52. The van der Waals surface area contributed by atoms with Crippen LogP contribution in [0.2, 0.25) is 0 Å². The lowest BCUT2D eigenvalue weighted by Crippen LogP contribution is -2.43. The summed E-state index contributed by atoms with van der Waals surface area (Å²) in [7, 11) is 3.80. The lowest BCUT2D eigenvalue weighted by Gasteiger charge is -2.38. The van der Waals surface area contributed by atoms with Crippen LogP contribution in [-0.4, -0.2) is 34.2 Å². The fourth-order valence-corrected chi connectivity index (χ4v) is 3.37. The second kappa shape index (κ2) is 6.58. The van der Waals surface area contributed by atoms with Gasteiger partial charge in [-0.05, 0) is 30.9 Å². The van der Waals surface area contributed by atoms with Gasteiger partial charge in [0, 0.05) is 38.8 Å². The molecule has 2 aromatic rings. The molecule has 0 saturated carbocycles. The number of aromatic nitrogens is 2. The van der Waals surface area contributed by atoms with E-state index in [-0.39, 0.29) is 11.9 Å². The zero-order chi connectivity index (χ0) is 16.4. The standard InChI is InChI=1S/C17H24N4O2/c1-12-6-7-23-15(12)10-18-8-13-4-5-16(22)21(3)17(13)14-9-19-20(2)11-14/h6-7,9,11,13,17-18H,4-5,8,10H2,1-3H3/t13-,17+/m1/s1. The van der Waals surface area contributed by atoms with Crippen molar-refractivity contribution in [3.63, 3.8) is 0 Å². The summed E-state index contributed by atoms with van der Waals surface area (Å²) < 4.78 is 7.26. The van der Waals surface area contributed by atoms with Gasteiger partial charge in [-0.2, -0.15) is 5.10 Å². The minimum absolute atomic E-state index is 0.0788. The molecule has 2 aromatic heterocycles. The number of nitrogens with zero attached hydrogens (tertiary/aromatic N) is 3. The highest BCUT2D eigenvalue weighted by Gasteiger charge is 2.35. The number of hydrogen-bond acceptors (Lipinski definition) is 4. The van der Waals surface area contributed by atoms with E-state index in [9.17, 15) is 4.79 Å². The van der Waals surface area contributed by atoms with Crippen LogP contribution in [-0.2, 0) is 18.4 Å². The van der Waals surface area contributed by atoms with Gasteiger partial charge in [-0.1, -0.05) is 0 Å². The van der Waals surface area contributed by atoms with Gasteiger partial charge in [0.15, 0.2) is 0 Å². The number of likely N-dealkylation sites (tertiary alicyclic amines) is 1. The summed E-state index contributed by atoms with van der Waals surface area (Å²) in [5.41, 5.74) is 2.27. The van der Waals surface area contributed by atoms with Crippen molar-refractivity contribution < 1.29 is 9.21 Å². The molecule has 3 heterocycles. The predicted molar refractivity (Wildman–Crippen MR) is 86.6 cm³/mol. The fraction of sp³-hybridized carbons (Fsp3) is 0.529. The van der Waals surface area contributed by atoms with E-state index in [2.05, 4.69) is 10.4 Å². The molecule has 1 saturated heterocycles. The van der Waals surface area contributed by atoms with Gasteiger partial charge in [0.2, 0.25) is 5.91 Å². The van der Waals surface area contributed by atoms with Gasteiger partial charge in [-0.25, -0.2) is 0 Å². The monoisotopic (exact) mass is 316 g/mol. The van der Waals surface area contributed by atoms with Crippen molar-refractivity contribution in [2.24, 2.45) is 13.0 Å². The molecule has 23 heavy (non-hydrogen) atoms. The summed E-state index contributed by atoms with van der Waals surface area (Å²) in [5, 5.41) is 7.74. The van der Waals surface area contributed by atoms with E-state index in [0.29, 0.717) is 18.9 Å². The van der Waals surface area contributed by atoms with Crippen LogP contribution in [0.25, 0.3) is 0 Å². The van der Waals surface area contributed by atoms with Gasteiger partial charge >= 0.3 is 0 Å². The minimum Gasteiger partial charge on any atom is -0.468 e. The van der Waals surface area contributed by atoms with Gasteiger partial charge < -0.3 is 14.6 Å². The average Bonchev–Trinajstić information content (AvgIpc) is 3.12. The average molecular weight is 316 g/mol. The maximum atomic E-state index is 12.1. The Balaban J connectivity index is 1.68. The van der Waals surface area contributed by atoms with Crippen LogP contribution in [0.3, 0.4) is 0 Å². The highest BCUT2D eigenvalue weighted by Crippen LogP contribution is 2.35. The first-order valence-electron chi connectivity index (χ1n) is 8.04. The summed E-state index contributed by atoms with van der Waals surface area (Å²) in [6, 6.07) is 2.05. The molecule has 6 nitrogen and oxygen atoms in total. The predicted octanol–water partition coefficient (Wildman–Crippen LogP) is 2.02. The zero-order valence-electron chi connectivity index (χ0n) is 14.0. The van der Waals surface area contributed by atoms with Gasteiger partial charge in [-0.15, -0.1) is 0 Å². The van der Waals surface area contributed by atoms with Crippen molar-refractivity contribution in [1.82, 2.24) is 20.0 Å². The number of rotatable bonds is 5. The molecule has 0 unspecified atom stereocenters. The van der Waals surface area contributed by atoms with Crippen molar-refractivity contribution in [2.75, 3.05) is 13.6 Å². The second-order valence-electron chi connectivity index (χ2n) is 6.35. The summed E-state index contributed by atoms with van der Waals surface area (Å²) in [6.07, 6.45) is 7.09. The number of amides is 1. The Morgan fingerprint density at radius 3 is 2.91 bits per heavy atom. The summed E-state index contributed by atoms with van der Waals surface area (Å²) in [6.45, 7) is 3.61. The van der Waals surface area contributed by atoms with Crippen LogP contribution in [0, 0.1) is 12.8 Å². The van der Waals surface area contributed by atoms with E-state index in [1.807, 2.05) is 44.4 Å². The molecule has 1 fully saturated rings. The second-order valence-corrected chi connectivity index (χ2v) is 6.35. The van der Waals surface area contributed by atoms with E-state index >= 15 is 0 Å². The molecule has 1 aliphatic rings. The van der Waals surface area contributed by atoms with E-state index in [1.165, 1.54) is 0 Å². The van der Waals surface area contributed by atoms with Crippen molar-refractivity contribution in [3.05, 3.63) is 41.6 Å². The first kappa shape index (κ1) is 15.8.